The largest absolute Gasteiger partial charge is 0.462 e. The zero-order chi connectivity index (χ0) is 22.8. The van der Waals surface area contributed by atoms with Crippen molar-refractivity contribution in [2.45, 2.75) is 13.5 Å². The zero-order valence-corrected chi connectivity index (χ0v) is 19.2. The van der Waals surface area contributed by atoms with Crippen molar-refractivity contribution >= 4 is 56.0 Å². The molecule has 0 saturated carbocycles. The molecule has 0 bridgehead atoms. The number of aromatic nitrogens is 1. The molecule has 3 aromatic rings. The Kier molecular flexibility index (Phi) is 6.15. The lowest BCUT2D eigenvalue weighted by Crippen LogP contribution is -2.28. The summed E-state index contributed by atoms with van der Waals surface area (Å²) in [6.07, 6.45) is 2.95. The summed E-state index contributed by atoms with van der Waals surface area (Å²) in [5.74, 6) is -1.87. The number of ether oxygens (including phenoxy) is 1. The van der Waals surface area contributed by atoms with Gasteiger partial charge in [0.15, 0.2) is 0 Å². The summed E-state index contributed by atoms with van der Waals surface area (Å²) in [6.45, 7) is 1.80. The molecule has 1 aliphatic rings. The Morgan fingerprint density at radius 1 is 1.12 bits per heavy atom. The van der Waals surface area contributed by atoms with Crippen molar-refractivity contribution in [3.8, 4) is 0 Å². The van der Waals surface area contributed by atoms with Crippen LogP contribution in [0.4, 0.5) is 5.00 Å². The van der Waals surface area contributed by atoms with Crippen LogP contribution < -0.4 is 5.32 Å². The third-order valence-corrected chi connectivity index (χ3v) is 6.13. The maximum atomic E-state index is 12.7. The standard InChI is InChI=1S/C22H16BrN3O5S/c1-2-31-22(30)17-8-14(11-26-20(28)15-5-3-4-6-16(15)21(26)29)32-19(17)25-18(27)12-7-13(23)10-24-9-12/h3-10H,2,11H2,1H3,(H,25,27). The quantitative estimate of drug-likeness (QED) is 0.392. The average molecular weight is 514 g/mol. The number of halogens is 1. The number of hydrogen-bond donors (Lipinski definition) is 1. The van der Waals surface area contributed by atoms with E-state index in [4.69, 9.17) is 4.74 Å². The number of nitrogens with one attached hydrogen (secondary N) is 1. The first kappa shape index (κ1) is 21.8. The van der Waals surface area contributed by atoms with E-state index in [9.17, 15) is 19.2 Å². The van der Waals surface area contributed by atoms with Crippen LogP contribution in [-0.2, 0) is 11.3 Å². The molecule has 4 rings (SSSR count). The Labute approximate surface area is 195 Å². The van der Waals surface area contributed by atoms with Crippen LogP contribution in [0.25, 0.3) is 0 Å². The number of anilines is 1. The molecule has 8 nitrogen and oxygen atoms in total. The molecule has 1 aromatic carbocycles. The summed E-state index contributed by atoms with van der Waals surface area (Å²) in [5.41, 5.74) is 1.13. The molecule has 32 heavy (non-hydrogen) atoms. The molecule has 3 heterocycles. The Morgan fingerprint density at radius 3 is 2.44 bits per heavy atom. The van der Waals surface area contributed by atoms with Crippen LogP contribution in [0.1, 0.15) is 53.2 Å². The van der Waals surface area contributed by atoms with Gasteiger partial charge in [-0.05, 0) is 47.1 Å². The molecule has 0 unspecified atom stereocenters. The van der Waals surface area contributed by atoms with E-state index in [-0.39, 0.29) is 23.7 Å². The predicted octanol–water partition coefficient (Wildman–Crippen LogP) is 4.13. The first-order valence-electron chi connectivity index (χ1n) is 9.56. The molecule has 1 N–H and O–H groups in total. The molecule has 162 valence electrons. The predicted molar refractivity (Wildman–Crippen MR) is 121 cm³/mol. The molecular formula is C22H16BrN3O5S. The van der Waals surface area contributed by atoms with Crippen LogP contribution in [0, 0.1) is 0 Å². The molecule has 3 amide bonds. The summed E-state index contributed by atoms with van der Waals surface area (Å²) in [4.78, 5) is 56.1. The number of benzene rings is 1. The van der Waals surface area contributed by atoms with Crippen LogP contribution in [0.3, 0.4) is 0 Å². The lowest BCUT2D eigenvalue weighted by atomic mass is 10.1. The second-order valence-corrected chi connectivity index (χ2v) is 8.82. The van der Waals surface area contributed by atoms with E-state index in [0.29, 0.717) is 26.0 Å². The zero-order valence-electron chi connectivity index (χ0n) is 16.8. The number of hydrogen-bond acceptors (Lipinski definition) is 7. The molecule has 0 atom stereocenters. The number of thiophene rings is 1. The summed E-state index contributed by atoms with van der Waals surface area (Å²) in [6, 6.07) is 9.72. The third-order valence-electron chi connectivity index (χ3n) is 4.66. The van der Waals surface area contributed by atoms with Gasteiger partial charge in [0.2, 0.25) is 0 Å². The minimum absolute atomic E-state index is 0.0300. The Bertz CT molecular complexity index is 1220. The number of carbonyl (C=O) groups is 4. The van der Waals surface area contributed by atoms with Crippen molar-refractivity contribution in [2.75, 3.05) is 11.9 Å². The summed E-state index contributed by atoms with van der Waals surface area (Å²) >= 11 is 4.37. The van der Waals surface area contributed by atoms with E-state index in [2.05, 4.69) is 26.2 Å². The van der Waals surface area contributed by atoms with E-state index >= 15 is 0 Å². The highest BCUT2D eigenvalue weighted by molar-refractivity contribution is 9.10. The summed E-state index contributed by atoms with van der Waals surface area (Å²) in [5, 5.41) is 2.97. The SMILES string of the molecule is CCOC(=O)c1cc(CN2C(=O)c3ccccc3C2=O)sc1NC(=O)c1cncc(Br)c1. The van der Waals surface area contributed by atoms with Crippen LogP contribution in [0.2, 0.25) is 0 Å². The van der Waals surface area contributed by atoms with E-state index < -0.39 is 23.7 Å². The molecule has 1 aliphatic heterocycles. The van der Waals surface area contributed by atoms with Gasteiger partial charge < -0.3 is 10.1 Å². The topological polar surface area (TPSA) is 106 Å². The van der Waals surface area contributed by atoms with E-state index in [1.54, 1.807) is 43.5 Å². The number of pyridine rings is 1. The number of amides is 3. The fraction of sp³-hybridized carbons (Fsp3) is 0.136. The van der Waals surface area contributed by atoms with E-state index in [1.807, 2.05) is 0 Å². The van der Waals surface area contributed by atoms with Crippen molar-refractivity contribution in [1.29, 1.82) is 0 Å². The van der Waals surface area contributed by atoms with Crippen molar-refractivity contribution in [1.82, 2.24) is 9.88 Å². The molecule has 0 spiro atoms. The van der Waals surface area contributed by atoms with Gasteiger partial charge in [0.1, 0.15) is 5.00 Å². The number of fused-ring (bicyclic) bond motifs is 1. The van der Waals surface area contributed by atoms with E-state index in [1.165, 1.54) is 12.3 Å². The van der Waals surface area contributed by atoms with E-state index in [0.717, 1.165) is 16.2 Å². The maximum Gasteiger partial charge on any atom is 0.341 e. The Morgan fingerprint density at radius 2 is 1.81 bits per heavy atom. The maximum absolute atomic E-state index is 12.7. The van der Waals surface area contributed by atoms with Crippen LogP contribution >= 0.6 is 27.3 Å². The van der Waals surface area contributed by atoms with Crippen molar-refractivity contribution in [3.05, 3.63) is 80.4 Å². The van der Waals surface area contributed by atoms with Gasteiger partial charge in [-0.1, -0.05) is 12.1 Å². The van der Waals surface area contributed by atoms with Crippen molar-refractivity contribution in [3.63, 3.8) is 0 Å². The fourth-order valence-corrected chi connectivity index (χ4v) is 4.62. The highest BCUT2D eigenvalue weighted by Gasteiger charge is 2.35. The molecule has 0 aliphatic carbocycles. The molecular weight excluding hydrogens is 498 g/mol. The second kappa shape index (κ2) is 9.01. The fourth-order valence-electron chi connectivity index (χ4n) is 3.22. The van der Waals surface area contributed by atoms with Gasteiger partial charge in [-0.2, -0.15) is 0 Å². The lowest BCUT2D eigenvalue weighted by Gasteiger charge is -2.12. The van der Waals surface area contributed by atoms with Crippen LogP contribution in [-0.4, -0.2) is 40.2 Å². The van der Waals surface area contributed by atoms with Gasteiger partial charge in [0.25, 0.3) is 17.7 Å². The van der Waals surface area contributed by atoms with Gasteiger partial charge in [0.05, 0.1) is 35.4 Å². The number of nitrogens with zero attached hydrogens (tertiary/aromatic N) is 2. The highest BCUT2D eigenvalue weighted by Crippen LogP contribution is 2.32. The first-order chi connectivity index (χ1) is 15.4. The number of imide groups is 1. The third kappa shape index (κ3) is 4.19. The number of esters is 1. The summed E-state index contributed by atoms with van der Waals surface area (Å²) in [7, 11) is 0. The molecule has 0 saturated heterocycles. The minimum Gasteiger partial charge on any atom is -0.462 e. The molecule has 0 fully saturated rings. The van der Waals surface area contributed by atoms with Crippen LogP contribution in [0.5, 0.6) is 0 Å². The first-order valence-corrected chi connectivity index (χ1v) is 11.2. The highest BCUT2D eigenvalue weighted by atomic mass is 79.9. The smallest absolute Gasteiger partial charge is 0.341 e. The minimum atomic E-state index is -0.611. The Balaban J connectivity index is 1.61. The number of rotatable bonds is 6. The van der Waals surface area contributed by atoms with Gasteiger partial charge in [-0.25, -0.2) is 4.79 Å². The van der Waals surface area contributed by atoms with Crippen molar-refractivity contribution < 1.29 is 23.9 Å². The molecule has 2 aromatic heterocycles. The Hall–Kier alpha value is -3.37. The van der Waals surface area contributed by atoms with Gasteiger partial charge in [-0.3, -0.25) is 24.3 Å². The monoisotopic (exact) mass is 513 g/mol. The lowest BCUT2D eigenvalue weighted by molar-refractivity contribution is 0.0527. The average Bonchev–Trinajstić information content (AvgIpc) is 3.28. The number of carbonyl (C=O) groups excluding carboxylic acids is 4. The molecule has 10 heteroatoms. The van der Waals surface area contributed by atoms with Crippen LogP contribution in [0.15, 0.2) is 53.3 Å². The van der Waals surface area contributed by atoms with Gasteiger partial charge in [0, 0.05) is 21.7 Å². The van der Waals surface area contributed by atoms with Crippen molar-refractivity contribution in [2.24, 2.45) is 0 Å². The normalized spacial score (nSPS) is 12.6. The second-order valence-electron chi connectivity index (χ2n) is 6.76. The van der Waals surface area contributed by atoms with Gasteiger partial charge in [-0.15, -0.1) is 11.3 Å². The summed E-state index contributed by atoms with van der Waals surface area (Å²) < 4.78 is 5.73. The van der Waals surface area contributed by atoms with Gasteiger partial charge >= 0.3 is 5.97 Å². The molecule has 0 radical (unpaired) electrons.